The molecule has 2 rings (SSSR count). The Hall–Kier alpha value is -3.02. The zero-order chi connectivity index (χ0) is 20.7. The van der Waals surface area contributed by atoms with Crippen LogP contribution in [0.4, 0.5) is 11.4 Å². The summed E-state index contributed by atoms with van der Waals surface area (Å²) in [5, 5.41) is 8.82. The maximum absolute atomic E-state index is 12.3. The van der Waals surface area contributed by atoms with E-state index in [2.05, 4.69) is 16.0 Å². The van der Waals surface area contributed by atoms with E-state index in [1.54, 1.807) is 24.3 Å². The standard InChI is InChI=1S/C22H29N3O3/c1-15(2)28-19-12-7-6-11-18(19)24-20(26)14-23-17-10-8-9-16(13-17)21(27)25-22(3,4)5/h6-13,15,23H,14H2,1-5H3,(H,24,26)(H,25,27). The molecule has 0 aliphatic carbocycles. The van der Waals surface area contributed by atoms with Gasteiger partial charge >= 0.3 is 0 Å². The molecular weight excluding hydrogens is 354 g/mol. The van der Waals surface area contributed by atoms with Gasteiger partial charge in [0.25, 0.3) is 5.91 Å². The van der Waals surface area contributed by atoms with E-state index in [9.17, 15) is 9.59 Å². The molecular formula is C22H29N3O3. The Morgan fingerprint density at radius 3 is 2.43 bits per heavy atom. The number of ether oxygens (including phenoxy) is 1. The number of hydrogen-bond acceptors (Lipinski definition) is 4. The monoisotopic (exact) mass is 383 g/mol. The zero-order valence-electron chi connectivity index (χ0n) is 17.1. The third-order valence-electron chi connectivity index (χ3n) is 3.59. The van der Waals surface area contributed by atoms with Crippen LogP contribution in [0.15, 0.2) is 48.5 Å². The second-order valence-electron chi connectivity index (χ2n) is 7.85. The van der Waals surface area contributed by atoms with Crippen LogP contribution in [0.1, 0.15) is 45.0 Å². The van der Waals surface area contributed by atoms with Crippen molar-refractivity contribution >= 4 is 23.2 Å². The summed E-state index contributed by atoms with van der Waals surface area (Å²) in [6.45, 7) is 9.72. The van der Waals surface area contributed by atoms with Gasteiger partial charge in [-0.1, -0.05) is 18.2 Å². The van der Waals surface area contributed by atoms with E-state index >= 15 is 0 Å². The van der Waals surface area contributed by atoms with Crippen molar-refractivity contribution < 1.29 is 14.3 Å². The average molecular weight is 383 g/mol. The predicted octanol–water partition coefficient (Wildman–Crippen LogP) is 4.05. The highest BCUT2D eigenvalue weighted by Crippen LogP contribution is 2.24. The number of amides is 2. The van der Waals surface area contributed by atoms with E-state index in [4.69, 9.17) is 4.74 Å². The molecule has 0 atom stereocenters. The molecule has 2 aromatic carbocycles. The molecule has 0 spiro atoms. The van der Waals surface area contributed by atoms with E-state index in [1.807, 2.05) is 58.9 Å². The first kappa shape index (κ1) is 21.3. The van der Waals surface area contributed by atoms with Gasteiger partial charge in [-0.05, 0) is 65.0 Å². The number of carbonyl (C=O) groups excluding carboxylic acids is 2. The molecule has 150 valence electrons. The van der Waals surface area contributed by atoms with Crippen molar-refractivity contribution in [2.75, 3.05) is 17.2 Å². The van der Waals surface area contributed by atoms with Crippen molar-refractivity contribution in [2.24, 2.45) is 0 Å². The minimum Gasteiger partial charge on any atom is -0.489 e. The molecule has 0 radical (unpaired) electrons. The predicted molar refractivity (Wildman–Crippen MR) is 113 cm³/mol. The van der Waals surface area contributed by atoms with Crippen LogP contribution >= 0.6 is 0 Å². The molecule has 0 saturated heterocycles. The average Bonchev–Trinajstić information content (AvgIpc) is 2.60. The Morgan fingerprint density at radius 2 is 1.75 bits per heavy atom. The number of nitrogens with one attached hydrogen (secondary N) is 3. The quantitative estimate of drug-likeness (QED) is 0.674. The Morgan fingerprint density at radius 1 is 1.04 bits per heavy atom. The Balaban J connectivity index is 1.97. The molecule has 3 N–H and O–H groups in total. The highest BCUT2D eigenvalue weighted by molar-refractivity contribution is 5.97. The molecule has 0 bridgehead atoms. The van der Waals surface area contributed by atoms with E-state index in [0.717, 1.165) is 0 Å². The SMILES string of the molecule is CC(C)Oc1ccccc1NC(=O)CNc1cccc(C(=O)NC(C)(C)C)c1. The summed E-state index contributed by atoms with van der Waals surface area (Å²) < 4.78 is 5.71. The van der Waals surface area contributed by atoms with Crippen molar-refractivity contribution in [1.82, 2.24) is 5.32 Å². The van der Waals surface area contributed by atoms with Crippen molar-refractivity contribution in [3.8, 4) is 5.75 Å². The number of rotatable bonds is 7. The fraction of sp³-hybridized carbons (Fsp3) is 0.364. The summed E-state index contributed by atoms with van der Waals surface area (Å²) in [6.07, 6.45) is 0.0122. The first-order valence-corrected chi connectivity index (χ1v) is 9.36. The van der Waals surface area contributed by atoms with Crippen LogP contribution in [-0.2, 0) is 4.79 Å². The van der Waals surface area contributed by atoms with Crippen molar-refractivity contribution in [3.05, 3.63) is 54.1 Å². The van der Waals surface area contributed by atoms with Crippen LogP contribution in [0.3, 0.4) is 0 Å². The normalized spacial score (nSPS) is 11.1. The van der Waals surface area contributed by atoms with Crippen molar-refractivity contribution in [3.63, 3.8) is 0 Å². The summed E-state index contributed by atoms with van der Waals surface area (Å²) in [7, 11) is 0. The topological polar surface area (TPSA) is 79.5 Å². The lowest BCUT2D eigenvalue weighted by Crippen LogP contribution is -2.40. The van der Waals surface area contributed by atoms with Crippen LogP contribution in [-0.4, -0.2) is 30.0 Å². The maximum atomic E-state index is 12.3. The van der Waals surface area contributed by atoms with Gasteiger partial charge in [0.15, 0.2) is 0 Å². The van der Waals surface area contributed by atoms with E-state index in [-0.39, 0.29) is 30.0 Å². The van der Waals surface area contributed by atoms with Gasteiger partial charge < -0.3 is 20.7 Å². The number of hydrogen-bond donors (Lipinski definition) is 3. The van der Waals surface area contributed by atoms with Gasteiger partial charge in [-0.25, -0.2) is 0 Å². The van der Waals surface area contributed by atoms with Crippen LogP contribution in [0.2, 0.25) is 0 Å². The fourth-order valence-corrected chi connectivity index (χ4v) is 2.49. The minimum absolute atomic E-state index is 0.0122. The molecule has 2 amide bonds. The number of benzene rings is 2. The van der Waals surface area contributed by atoms with Gasteiger partial charge in [0.2, 0.25) is 5.91 Å². The molecule has 2 aromatic rings. The molecule has 0 heterocycles. The molecule has 0 aromatic heterocycles. The highest BCUT2D eigenvalue weighted by atomic mass is 16.5. The molecule has 0 aliphatic rings. The summed E-state index contributed by atoms with van der Waals surface area (Å²) in [5.41, 5.74) is 1.55. The van der Waals surface area contributed by atoms with Crippen LogP contribution in [0, 0.1) is 0 Å². The Kier molecular flexibility index (Phi) is 7.04. The summed E-state index contributed by atoms with van der Waals surface area (Å²) in [4.78, 5) is 24.6. The molecule has 6 nitrogen and oxygen atoms in total. The van der Waals surface area contributed by atoms with Crippen molar-refractivity contribution in [2.45, 2.75) is 46.3 Å². The second-order valence-corrected chi connectivity index (χ2v) is 7.85. The third kappa shape index (κ3) is 6.95. The van der Waals surface area contributed by atoms with Gasteiger partial charge in [0.1, 0.15) is 5.75 Å². The zero-order valence-corrected chi connectivity index (χ0v) is 17.1. The largest absolute Gasteiger partial charge is 0.489 e. The van der Waals surface area contributed by atoms with Gasteiger partial charge in [-0.2, -0.15) is 0 Å². The number of carbonyl (C=O) groups is 2. The Bertz CT molecular complexity index is 826. The van der Waals surface area contributed by atoms with E-state index < -0.39 is 0 Å². The first-order valence-electron chi connectivity index (χ1n) is 9.36. The number of para-hydroxylation sites is 2. The van der Waals surface area contributed by atoms with Crippen LogP contribution < -0.4 is 20.7 Å². The van der Waals surface area contributed by atoms with Crippen molar-refractivity contribution in [1.29, 1.82) is 0 Å². The lowest BCUT2D eigenvalue weighted by atomic mass is 10.1. The Labute approximate surface area is 166 Å². The smallest absolute Gasteiger partial charge is 0.251 e. The molecule has 0 unspecified atom stereocenters. The van der Waals surface area contributed by atoms with E-state index in [1.165, 1.54) is 0 Å². The summed E-state index contributed by atoms with van der Waals surface area (Å²) in [6, 6.07) is 14.4. The van der Waals surface area contributed by atoms with Crippen LogP contribution in [0.25, 0.3) is 0 Å². The third-order valence-corrected chi connectivity index (χ3v) is 3.59. The highest BCUT2D eigenvalue weighted by Gasteiger charge is 2.15. The maximum Gasteiger partial charge on any atom is 0.251 e. The molecule has 28 heavy (non-hydrogen) atoms. The fourth-order valence-electron chi connectivity index (χ4n) is 2.49. The van der Waals surface area contributed by atoms with Gasteiger partial charge in [-0.15, -0.1) is 0 Å². The first-order chi connectivity index (χ1) is 13.1. The summed E-state index contributed by atoms with van der Waals surface area (Å²) >= 11 is 0. The van der Waals surface area contributed by atoms with Gasteiger partial charge in [-0.3, -0.25) is 9.59 Å². The van der Waals surface area contributed by atoms with E-state index in [0.29, 0.717) is 22.7 Å². The lowest BCUT2D eigenvalue weighted by molar-refractivity contribution is -0.114. The minimum atomic E-state index is -0.314. The molecule has 0 saturated carbocycles. The second kappa shape index (κ2) is 9.26. The molecule has 0 aliphatic heterocycles. The number of anilines is 2. The van der Waals surface area contributed by atoms with Gasteiger partial charge in [0, 0.05) is 16.8 Å². The summed E-state index contributed by atoms with van der Waals surface area (Å²) in [5.74, 6) is 0.274. The van der Waals surface area contributed by atoms with Crippen LogP contribution in [0.5, 0.6) is 5.75 Å². The van der Waals surface area contributed by atoms with Gasteiger partial charge in [0.05, 0.1) is 18.3 Å². The molecule has 0 fully saturated rings. The molecule has 6 heteroatoms. The lowest BCUT2D eigenvalue weighted by Gasteiger charge is -2.20.